The van der Waals surface area contributed by atoms with Gasteiger partial charge in [0.1, 0.15) is 11.3 Å². The average Bonchev–Trinajstić information content (AvgIpc) is 3.04. The number of nitrogens with one attached hydrogen (secondary N) is 1. The number of halogens is 1. The first-order valence-corrected chi connectivity index (χ1v) is 11.2. The van der Waals surface area contributed by atoms with Crippen LogP contribution in [0.3, 0.4) is 0 Å². The number of carbonyl (C=O) groups excluding carboxylic acids is 1. The standard InChI is InChI=1S/C21H23ClN2O5S/c1-5-24(6-2)30(26,27)15-8-10-19(28-4)17(12-15)23-21(25)20-13(3)16-11-14(22)7-9-18(16)29-20/h7-12H,5-6H2,1-4H3,(H,23,25). The number of methoxy groups -OCH3 is 1. The molecule has 0 saturated carbocycles. The van der Waals surface area contributed by atoms with Crippen molar-refractivity contribution in [2.45, 2.75) is 25.7 Å². The van der Waals surface area contributed by atoms with Crippen LogP contribution in [-0.2, 0) is 10.0 Å². The topological polar surface area (TPSA) is 88.9 Å². The molecule has 0 radical (unpaired) electrons. The summed E-state index contributed by atoms with van der Waals surface area (Å²) < 4.78 is 38.0. The quantitative estimate of drug-likeness (QED) is 0.564. The van der Waals surface area contributed by atoms with E-state index in [0.29, 0.717) is 35.0 Å². The van der Waals surface area contributed by atoms with Crippen molar-refractivity contribution in [3.63, 3.8) is 0 Å². The van der Waals surface area contributed by atoms with E-state index in [4.69, 9.17) is 20.8 Å². The number of anilines is 1. The van der Waals surface area contributed by atoms with Gasteiger partial charge in [-0.25, -0.2) is 8.42 Å². The minimum atomic E-state index is -3.69. The van der Waals surface area contributed by atoms with Gasteiger partial charge in [0.15, 0.2) is 5.76 Å². The molecule has 0 aliphatic carbocycles. The van der Waals surface area contributed by atoms with Crippen LogP contribution < -0.4 is 10.1 Å². The summed E-state index contributed by atoms with van der Waals surface area (Å²) in [6, 6.07) is 9.45. The summed E-state index contributed by atoms with van der Waals surface area (Å²) in [5.74, 6) is -0.0690. The second-order valence-corrected chi connectivity index (χ2v) is 8.98. The summed E-state index contributed by atoms with van der Waals surface area (Å²) in [6.07, 6.45) is 0. The fourth-order valence-electron chi connectivity index (χ4n) is 3.25. The van der Waals surface area contributed by atoms with Crippen molar-refractivity contribution in [1.82, 2.24) is 4.31 Å². The van der Waals surface area contributed by atoms with Crippen LogP contribution in [0.2, 0.25) is 5.02 Å². The Hall–Kier alpha value is -2.55. The number of hydrogen-bond acceptors (Lipinski definition) is 5. The molecule has 0 unspecified atom stereocenters. The first kappa shape index (κ1) is 22.1. The van der Waals surface area contributed by atoms with Crippen molar-refractivity contribution in [2.75, 3.05) is 25.5 Å². The molecule has 0 bridgehead atoms. The number of furan rings is 1. The first-order chi connectivity index (χ1) is 14.2. The van der Waals surface area contributed by atoms with E-state index >= 15 is 0 Å². The summed E-state index contributed by atoms with van der Waals surface area (Å²) in [4.78, 5) is 13.0. The lowest BCUT2D eigenvalue weighted by Crippen LogP contribution is -2.30. The van der Waals surface area contributed by atoms with E-state index < -0.39 is 15.9 Å². The first-order valence-electron chi connectivity index (χ1n) is 9.41. The number of nitrogens with zero attached hydrogens (tertiary/aromatic N) is 1. The minimum absolute atomic E-state index is 0.0652. The molecule has 3 aromatic rings. The highest BCUT2D eigenvalue weighted by molar-refractivity contribution is 7.89. The molecule has 0 aliphatic heterocycles. The molecule has 2 aromatic carbocycles. The monoisotopic (exact) mass is 450 g/mol. The predicted octanol–water partition coefficient (Wildman–Crippen LogP) is 4.69. The number of sulfonamides is 1. The maximum atomic E-state index is 12.9. The fourth-order valence-corrected chi connectivity index (χ4v) is 4.90. The van der Waals surface area contributed by atoms with Crippen molar-refractivity contribution in [3.05, 3.63) is 52.7 Å². The Balaban J connectivity index is 2.00. The number of rotatable bonds is 7. The summed E-state index contributed by atoms with van der Waals surface area (Å²) in [5.41, 5.74) is 1.40. The zero-order valence-electron chi connectivity index (χ0n) is 17.2. The van der Waals surface area contributed by atoms with Crippen LogP contribution in [0.5, 0.6) is 5.75 Å². The third-order valence-corrected chi connectivity index (χ3v) is 7.15. The highest BCUT2D eigenvalue weighted by atomic mass is 35.5. The predicted molar refractivity (Wildman–Crippen MR) is 117 cm³/mol. The largest absolute Gasteiger partial charge is 0.495 e. The molecule has 0 saturated heterocycles. The molecule has 1 amide bonds. The third kappa shape index (κ3) is 4.03. The SMILES string of the molecule is CCN(CC)S(=O)(=O)c1ccc(OC)c(NC(=O)c2oc3ccc(Cl)cc3c2C)c1. The molecule has 0 fully saturated rings. The number of aryl methyl sites for hydroxylation is 1. The summed E-state index contributed by atoms with van der Waals surface area (Å²) in [5, 5.41) is 3.98. The lowest BCUT2D eigenvalue weighted by molar-refractivity contribution is 0.0997. The van der Waals surface area contributed by atoms with Crippen LogP contribution >= 0.6 is 11.6 Å². The molecule has 1 aromatic heterocycles. The number of fused-ring (bicyclic) bond motifs is 1. The van der Waals surface area contributed by atoms with Crippen molar-refractivity contribution in [3.8, 4) is 5.75 Å². The van der Waals surface area contributed by atoms with Crippen LogP contribution in [0.25, 0.3) is 11.0 Å². The van der Waals surface area contributed by atoms with Gasteiger partial charge >= 0.3 is 0 Å². The van der Waals surface area contributed by atoms with Gasteiger partial charge in [0.05, 0.1) is 17.7 Å². The van der Waals surface area contributed by atoms with Crippen LogP contribution in [0.4, 0.5) is 5.69 Å². The Morgan fingerprint density at radius 2 is 1.87 bits per heavy atom. The third-order valence-electron chi connectivity index (χ3n) is 4.87. The van der Waals surface area contributed by atoms with Gasteiger partial charge in [-0.15, -0.1) is 0 Å². The van der Waals surface area contributed by atoms with Crippen molar-refractivity contribution in [1.29, 1.82) is 0 Å². The summed E-state index contributed by atoms with van der Waals surface area (Å²) in [6.45, 7) is 5.98. The number of ether oxygens (including phenoxy) is 1. The molecular weight excluding hydrogens is 428 g/mol. The number of benzene rings is 2. The van der Waals surface area contributed by atoms with Crippen molar-refractivity contribution >= 4 is 44.2 Å². The van der Waals surface area contributed by atoms with E-state index in [1.54, 1.807) is 39.0 Å². The Morgan fingerprint density at radius 3 is 2.50 bits per heavy atom. The van der Waals surface area contributed by atoms with Gasteiger partial charge in [-0.3, -0.25) is 4.79 Å². The highest BCUT2D eigenvalue weighted by Gasteiger charge is 2.24. The second-order valence-electron chi connectivity index (χ2n) is 6.60. The molecule has 0 atom stereocenters. The van der Waals surface area contributed by atoms with E-state index in [0.717, 1.165) is 5.39 Å². The van der Waals surface area contributed by atoms with Crippen LogP contribution in [-0.4, -0.2) is 38.8 Å². The van der Waals surface area contributed by atoms with E-state index in [2.05, 4.69) is 5.32 Å². The normalized spacial score (nSPS) is 11.8. The molecule has 30 heavy (non-hydrogen) atoms. The van der Waals surface area contributed by atoms with Crippen molar-refractivity contribution in [2.24, 2.45) is 0 Å². The molecule has 9 heteroatoms. The molecule has 7 nitrogen and oxygen atoms in total. The summed E-state index contributed by atoms with van der Waals surface area (Å²) in [7, 11) is -2.25. The summed E-state index contributed by atoms with van der Waals surface area (Å²) >= 11 is 6.04. The smallest absolute Gasteiger partial charge is 0.291 e. The Labute approximate surface area is 180 Å². The maximum absolute atomic E-state index is 12.9. The maximum Gasteiger partial charge on any atom is 0.291 e. The second kappa shape index (κ2) is 8.67. The average molecular weight is 451 g/mol. The van der Waals surface area contributed by atoms with E-state index in [1.807, 2.05) is 0 Å². The van der Waals surface area contributed by atoms with E-state index in [-0.39, 0.29) is 16.3 Å². The number of amides is 1. The molecule has 160 valence electrons. The Kier molecular flexibility index (Phi) is 6.40. The van der Waals surface area contributed by atoms with Gasteiger partial charge in [-0.05, 0) is 43.3 Å². The van der Waals surface area contributed by atoms with Crippen molar-refractivity contribution < 1.29 is 22.4 Å². The Bertz CT molecular complexity index is 1200. The van der Waals surface area contributed by atoms with Crippen LogP contribution in [0.1, 0.15) is 30.0 Å². The van der Waals surface area contributed by atoms with Gasteiger partial charge in [-0.2, -0.15) is 4.31 Å². The van der Waals surface area contributed by atoms with Crippen LogP contribution in [0, 0.1) is 6.92 Å². The zero-order chi connectivity index (χ0) is 22.1. The van der Waals surface area contributed by atoms with Gasteiger partial charge in [0, 0.05) is 29.1 Å². The van der Waals surface area contributed by atoms with Gasteiger partial charge < -0.3 is 14.5 Å². The van der Waals surface area contributed by atoms with E-state index in [9.17, 15) is 13.2 Å². The van der Waals surface area contributed by atoms with Gasteiger partial charge in [0.2, 0.25) is 10.0 Å². The highest BCUT2D eigenvalue weighted by Crippen LogP contribution is 2.32. The number of hydrogen-bond donors (Lipinski definition) is 1. The lowest BCUT2D eigenvalue weighted by atomic mass is 10.1. The van der Waals surface area contributed by atoms with Gasteiger partial charge in [0.25, 0.3) is 5.91 Å². The number of carbonyl (C=O) groups is 1. The van der Waals surface area contributed by atoms with Gasteiger partial charge in [-0.1, -0.05) is 25.4 Å². The van der Waals surface area contributed by atoms with E-state index in [1.165, 1.54) is 29.6 Å². The fraction of sp³-hybridized carbons (Fsp3) is 0.286. The molecular formula is C21H23ClN2O5S. The Morgan fingerprint density at radius 1 is 1.17 bits per heavy atom. The molecule has 1 heterocycles. The molecule has 0 aliphatic rings. The zero-order valence-corrected chi connectivity index (χ0v) is 18.7. The molecule has 1 N–H and O–H groups in total. The lowest BCUT2D eigenvalue weighted by Gasteiger charge is -2.19. The minimum Gasteiger partial charge on any atom is -0.495 e. The molecule has 0 spiro atoms. The molecule has 3 rings (SSSR count). The van der Waals surface area contributed by atoms with Crippen LogP contribution in [0.15, 0.2) is 45.7 Å².